The largest absolute Gasteiger partial charge is 0.323 e. The Labute approximate surface area is 121 Å². The number of rotatable bonds is 6. The lowest BCUT2D eigenvalue weighted by Gasteiger charge is -2.19. The molecule has 20 heavy (non-hydrogen) atoms. The number of benzene rings is 1. The minimum absolute atomic E-state index is 0.298. The predicted molar refractivity (Wildman–Crippen MR) is 82.2 cm³/mol. The maximum atomic E-state index is 13.0. The van der Waals surface area contributed by atoms with E-state index in [4.69, 9.17) is 10.5 Å². The molecule has 4 heteroatoms. The molecule has 0 bridgehead atoms. The molecule has 0 spiro atoms. The quantitative estimate of drug-likeness (QED) is 0.733. The highest BCUT2D eigenvalue weighted by atomic mass is 31.2. The molecule has 0 aliphatic rings. The average molecular weight is 288 g/mol. The van der Waals surface area contributed by atoms with Gasteiger partial charge in [-0.15, -0.1) is 0 Å². The van der Waals surface area contributed by atoms with Gasteiger partial charge in [0.1, 0.15) is 0 Å². The molecule has 0 aliphatic carbocycles. The van der Waals surface area contributed by atoms with Crippen LogP contribution in [0.1, 0.15) is 35.1 Å². The van der Waals surface area contributed by atoms with E-state index in [0.717, 1.165) is 16.7 Å². The van der Waals surface area contributed by atoms with Crippen LogP contribution in [0.25, 0.3) is 0 Å². The summed E-state index contributed by atoms with van der Waals surface area (Å²) in [7, 11) is -2.49. The van der Waals surface area contributed by atoms with Crippen molar-refractivity contribution in [3.8, 4) is 12.1 Å². The fourth-order valence-electron chi connectivity index (χ4n) is 2.52. The summed E-state index contributed by atoms with van der Waals surface area (Å²) in [6, 6.07) is 8.33. The van der Waals surface area contributed by atoms with Crippen molar-refractivity contribution < 1.29 is 4.57 Å². The van der Waals surface area contributed by atoms with Gasteiger partial charge in [0.15, 0.2) is 0 Å². The Morgan fingerprint density at radius 2 is 1.45 bits per heavy atom. The maximum Gasteiger partial charge on any atom is 0.0939 e. The summed E-state index contributed by atoms with van der Waals surface area (Å²) in [5.74, 6) is 0. The van der Waals surface area contributed by atoms with E-state index < -0.39 is 7.14 Å². The lowest BCUT2D eigenvalue weighted by molar-refractivity contribution is 0.573. The fourth-order valence-corrected chi connectivity index (χ4v) is 5.15. The van der Waals surface area contributed by atoms with Gasteiger partial charge in [-0.25, -0.2) is 0 Å². The van der Waals surface area contributed by atoms with E-state index in [-0.39, 0.29) is 0 Å². The highest BCUT2D eigenvalue weighted by Gasteiger charge is 2.23. The molecule has 0 aliphatic heterocycles. The van der Waals surface area contributed by atoms with Crippen LogP contribution >= 0.6 is 7.14 Å². The van der Waals surface area contributed by atoms with Crippen LogP contribution in [0.15, 0.2) is 12.1 Å². The predicted octanol–water partition coefficient (Wildman–Crippen LogP) is 4.30. The van der Waals surface area contributed by atoms with E-state index in [0.29, 0.717) is 31.3 Å². The Balaban J connectivity index is 3.04. The molecular formula is C16H21N2OP. The minimum Gasteiger partial charge on any atom is -0.323 e. The van der Waals surface area contributed by atoms with E-state index in [1.165, 1.54) is 5.56 Å². The smallest absolute Gasteiger partial charge is 0.0939 e. The zero-order valence-corrected chi connectivity index (χ0v) is 13.3. The van der Waals surface area contributed by atoms with Crippen molar-refractivity contribution in [1.82, 2.24) is 0 Å². The third kappa shape index (κ3) is 4.52. The number of nitriles is 2. The van der Waals surface area contributed by atoms with Gasteiger partial charge in [0.2, 0.25) is 0 Å². The van der Waals surface area contributed by atoms with Crippen LogP contribution in [0.5, 0.6) is 0 Å². The Hall–Kier alpha value is -1.57. The van der Waals surface area contributed by atoms with Crippen molar-refractivity contribution in [2.24, 2.45) is 0 Å². The van der Waals surface area contributed by atoms with Crippen LogP contribution in [0.4, 0.5) is 0 Å². The van der Waals surface area contributed by atoms with Crippen LogP contribution in [0.3, 0.4) is 0 Å². The summed E-state index contributed by atoms with van der Waals surface area (Å²) in [5, 5.41) is 17.5. The molecule has 1 rings (SSSR count). The zero-order valence-electron chi connectivity index (χ0n) is 12.4. The molecule has 0 atom stereocenters. The molecule has 0 heterocycles. The van der Waals surface area contributed by atoms with E-state index in [1.807, 2.05) is 13.8 Å². The normalized spacial score (nSPS) is 10.8. The second kappa shape index (κ2) is 7.28. The van der Waals surface area contributed by atoms with Gasteiger partial charge in [0.05, 0.1) is 19.3 Å². The molecule has 3 nitrogen and oxygen atoms in total. The first-order valence-electron chi connectivity index (χ1n) is 6.79. The first-order valence-corrected chi connectivity index (χ1v) is 9.06. The van der Waals surface area contributed by atoms with Gasteiger partial charge >= 0.3 is 0 Å². The SMILES string of the molecule is Cc1cc(C)c(CP(=O)(CCC#N)CCC#N)c(C)c1. The first-order chi connectivity index (χ1) is 9.41. The summed E-state index contributed by atoms with van der Waals surface area (Å²) in [6.07, 6.45) is 1.93. The number of hydrogen-bond acceptors (Lipinski definition) is 3. The lowest BCUT2D eigenvalue weighted by atomic mass is 10.0. The summed E-state index contributed by atoms with van der Waals surface area (Å²) < 4.78 is 13.0. The van der Waals surface area contributed by atoms with Crippen LogP contribution in [-0.4, -0.2) is 12.3 Å². The van der Waals surface area contributed by atoms with E-state index in [1.54, 1.807) is 0 Å². The van der Waals surface area contributed by atoms with Gasteiger partial charge in [-0.1, -0.05) is 17.7 Å². The molecule has 0 amide bonds. The highest BCUT2D eigenvalue weighted by Crippen LogP contribution is 2.51. The minimum atomic E-state index is -2.49. The Kier molecular flexibility index (Phi) is 6.00. The zero-order chi connectivity index (χ0) is 15.2. The van der Waals surface area contributed by atoms with Crippen LogP contribution in [0, 0.1) is 43.4 Å². The van der Waals surface area contributed by atoms with Crippen molar-refractivity contribution in [2.45, 2.75) is 39.8 Å². The first kappa shape index (κ1) is 16.5. The fraction of sp³-hybridized carbons (Fsp3) is 0.500. The molecule has 1 aromatic rings. The lowest BCUT2D eigenvalue weighted by Crippen LogP contribution is -2.02. The third-order valence-electron chi connectivity index (χ3n) is 3.55. The molecule has 0 unspecified atom stereocenters. The molecule has 0 N–H and O–H groups in total. The second-order valence-electron chi connectivity index (χ2n) is 5.36. The van der Waals surface area contributed by atoms with Crippen LogP contribution in [0.2, 0.25) is 0 Å². The second-order valence-corrected chi connectivity index (χ2v) is 8.68. The van der Waals surface area contributed by atoms with Gasteiger partial charge in [-0.2, -0.15) is 10.5 Å². The Morgan fingerprint density at radius 1 is 1.00 bits per heavy atom. The van der Waals surface area contributed by atoms with Crippen molar-refractivity contribution >= 4 is 7.14 Å². The van der Waals surface area contributed by atoms with Crippen LogP contribution < -0.4 is 0 Å². The van der Waals surface area contributed by atoms with Crippen molar-refractivity contribution in [3.63, 3.8) is 0 Å². The molecule has 0 fully saturated rings. The summed E-state index contributed by atoms with van der Waals surface area (Å²) in [6.45, 7) is 6.12. The van der Waals surface area contributed by atoms with Gasteiger partial charge in [-0.3, -0.25) is 0 Å². The van der Waals surface area contributed by atoms with Crippen LogP contribution in [-0.2, 0) is 10.7 Å². The summed E-state index contributed by atoms with van der Waals surface area (Å²) in [5.41, 5.74) is 4.62. The number of nitrogens with zero attached hydrogens (tertiary/aromatic N) is 2. The number of aryl methyl sites for hydroxylation is 3. The maximum absolute atomic E-state index is 13.0. The summed E-state index contributed by atoms with van der Waals surface area (Å²) >= 11 is 0. The van der Waals surface area contributed by atoms with E-state index >= 15 is 0 Å². The van der Waals surface area contributed by atoms with Gasteiger partial charge in [-0.05, 0) is 37.5 Å². The van der Waals surface area contributed by atoms with Gasteiger partial charge < -0.3 is 4.57 Å². The van der Waals surface area contributed by atoms with Gasteiger partial charge in [0.25, 0.3) is 0 Å². The summed E-state index contributed by atoms with van der Waals surface area (Å²) in [4.78, 5) is 0. The number of hydrogen-bond donors (Lipinski definition) is 0. The van der Waals surface area contributed by atoms with E-state index in [9.17, 15) is 4.57 Å². The monoisotopic (exact) mass is 288 g/mol. The Bertz CT molecular complexity index is 563. The molecule has 0 saturated heterocycles. The van der Waals surface area contributed by atoms with Gasteiger partial charge in [0, 0.05) is 31.3 Å². The Morgan fingerprint density at radius 3 is 1.85 bits per heavy atom. The van der Waals surface area contributed by atoms with Crippen molar-refractivity contribution in [2.75, 3.05) is 12.3 Å². The third-order valence-corrected chi connectivity index (χ3v) is 6.52. The standard InChI is InChI=1S/C16H21N2OP/c1-13-10-14(2)16(15(3)11-13)12-20(19,8-4-6-17)9-5-7-18/h10-11H,4-5,8-9,12H2,1-3H3. The molecule has 0 saturated carbocycles. The molecule has 106 valence electrons. The van der Waals surface area contributed by atoms with Crippen molar-refractivity contribution in [3.05, 3.63) is 34.4 Å². The molecule has 1 aromatic carbocycles. The molecule has 0 aromatic heterocycles. The van der Waals surface area contributed by atoms with E-state index in [2.05, 4.69) is 31.2 Å². The molecule has 0 radical (unpaired) electrons. The van der Waals surface area contributed by atoms with Crippen molar-refractivity contribution in [1.29, 1.82) is 10.5 Å². The average Bonchev–Trinajstić information content (AvgIpc) is 2.39. The topological polar surface area (TPSA) is 64.7 Å². The molecular weight excluding hydrogens is 267 g/mol. The highest BCUT2D eigenvalue weighted by molar-refractivity contribution is 7.63.